The number of likely N-dealkylation sites (tertiary alicyclic amines) is 1. The van der Waals surface area contributed by atoms with Crippen LogP contribution in [0.5, 0.6) is 0 Å². The van der Waals surface area contributed by atoms with Crippen LogP contribution >= 0.6 is 0 Å². The summed E-state index contributed by atoms with van der Waals surface area (Å²) in [5, 5.41) is 9.70. The van der Waals surface area contributed by atoms with E-state index in [1.807, 2.05) is 13.8 Å². The molecule has 0 radical (unpaired) electrons. The normalized spacial score (nSPS) is 21.6. The summed E-state index contributed by atoms with van der Waals surface area (Å²) in [4.78, 5) is 13.2. The highest BCUT2D eigenvalue weighted by atomic mass is 16.3. The van der Waals surface area contributed by atoms with Crippen LogP contribution in [0.1, 0.15) is 33.1 Å². The van der Waals surface area contributed by atoms with E-state index in [1.54, 1.807) is 4.90 Å². The summed E-state index contributed by atoms with van der Waals surface area (Å²) in [6, 6.07) is 0.0743. The molecular weight excluding hydrogens is 180 g/mol. The Bertz CT molecular complexity index is 210. The van der Waals surface area contributed by atoms with Crippen molar-refractivity contribution in [1.29, 1.82) is 0 Å². The maximum Gasteiger partial charge on any atom is 0.222 e. The smallest absolute Gasteiger partial charge is 0.222 e. The number of β-amino-alcohol motifs (C(OH)–C–C–N with tert-alkyl or cyclic N) is 1. The second-order valence-electron chi connectivity index (χ2n) is 4.34. The van der Waals surface area contributed by atoms with E-state index < -0.39 is 5.60 Å². The molecule has 1 saturated heterocycles. The Morgan fingerprint density at radius 3 is 2.64 bits per heavy atom. The van der Waals surface area contributed by atoms with Crippen molar-refractivity contribution in [3.63, 3.8) is 0 Å². The minimum Gasteiger partial charge on any atom is -0.386 e. The third-order valence-electron chi connectivity index (χ3n) is 2.79. The number of carbonyl (C=O) groups excluding carboxylic acids is 1. The van der Waals surface area contributed by atoms with Gasteiger partial charge in [0.2, 0.25) is 5.91 Å². The van der Waals surface area contributed by atoms with Crippen LogP contribution in [0.4, 0.5) is 0 Å². The molecule has 1 rings (SSSR count). The molecule has 1 fully saturated rings. The first-order valence-corrected chi connectivity index (χ1v) is 5.22. The van der Waals surface area contributed by atoms with E-state index in [2.05, 4.69) is 0 Å². The Hall–Kier alpha value is -0.610. The topological polar surface area (TPSA) is 66.6 Å². The summed E-state index contributed by atoms with van der Waals surface area (Å²) in [5.74, 6) is 0.112. The van der Waals surface area contributed by atoms with Gasteiger partial charge in [-0.15, -0.1) is 0 Å². The number of nitrogens with zero attached hydrogens (tertiary/aromatic N) is 1. The van der Waals surface area contributed by atoms with Gasteiger partial charge < -0.3 is 15.7 Å². The molecular formula is C10H20N2O2. The summed E-state index contributed by atoms with van der Waals surface area (Å²) >= 11 is 0. The van der Waals surface area contributed by atoms with Gasteiger partial charge in [-0.05, 0) is 19.8 Å². The lowest BCUT2D eigenvalue weighted by Crippen LogP contribution is -2.63. The molecule has 1 heterocycles. The Morgan fingerprint density at radius 2 is 2.21 bits per heavy atom. The molecule has 3 N–H and O–H groups in total. The summed E-state index contributed by atoms with van der Waals surface area (Å²) in [6.45, 7) is 4.80. The predicted octanol–water partition coefficient (Wildman–Crippen LogP) is 0.0971. The van der Waals surface area contributed by atoms with Crippen molar-refractivity contribution in [2.75, 3.05) is 13.1 Å². The maximum absolute atomic E-state index is 11.5. The first kappa shape index (κ1) is 11.5. The monoisotopic (exact) mass is 200 g/mol. The first-order valence-electron chi connectivity index (χ1n) is 5.22. The molecule has 1 unspecified atom stereocenters. The van der Waals surface area contributed by atoms with Crippen LogP contribution in [0.3, 0.4) is 0 Å². The molecule has 0 aromatic rings. The molecule has 1 amide bonds. The number of aliphatic hydroxyl groups is 1. The number of rotatable bonds is 4. The number of nitrogens with two attached hydrogens (primary N) is 1. The molecule has 14 heavy (non-hydrogen) atoms. The van der Waals surface area contributed by atoms with Gasteiger partial charge in [-0.1, -0.05) is 6.92 Å². The van der Waals surface area contributed by atoms with Crippen molar-refractivity contribution < 1.29 is 9.90 Å². The molecule has 1 atom stereocenters. The van der Waals surface area contributed by atoms with E-state index >= 15 is 0 Å². The third-order valence-corrected chi connectivity index (χ3v) is 2.79. The van der Waals surface area contributed by atoms with Gasteiger partial charge >= 0.3 is 0 Å². The third kappa shape index (κ3) is 2.69. The molecule has 4 heteroatoms. The SMILES string of the molecule is CCC1(O)CN(C(=O)CCC(C)N)C1. The molecule has 4 nitrogen and oxygen atoms in total. The van der Waals surface area contributed by atoms with Crippen LogP contribution in [0.2, 0.25) is 0 Å². The van der Waals surface area contributed by atoms with Gasteiger partial charge in [0.15, 0.2) is 0 Å². The van der Waals surface area contributed by atoms with Crippen molar-refractivity contribution in [3.05, 3.63) is 0 Å². The Balaban J connectivity index is 2.23. The molecule has 0 aromatic heterocycles. The van der Waals surface area contributed by atoms with Gasteiger partial charge in [0.1, 0.15) is 0 Å². The molecule has 1 aliphatic rings. The quantitative estimate of drug-likeness (QED) is 0.676. The Morgan fingerprint density at radius 1 is 1.64 bits per heavy atom. The van der Waals surface area contributed by atoms with Crippen molar-refractivity contribution >= 4 is 5.91 Å². The molecule has 0 bridgehead atoms. The van der Waals surface area contributed by atoms with E-state index in [0.29, 0.717) is 25.9 Å². The van der Waals surface area contributed by atoms with E-state index in [1.165, 1.54) is 0 Å². The van der Waals surface area contributed by atoms with Crippen LogP contribution < -0.4 is 5.73 Å². The highest BCUT2D eigenvalue weighted by Gasteiger charge is 2.41. The van der Waals surface area contributed by atoms with Crippen molar-refractivity contribution in [1.82, 2.24) is 4.90 Å². The molecule has 0 aromatic carbocycles. The van der Waals surface area contributed by atoms with E-state index in [9.17, 15) is 9.90 Å². The standard InChI is InChI=1S/C10H20N2O2/c1-3-10(14)6-12(7-10)9(13)5-4-8(2)11/h8,14H,3-7,11H2,1-2H3. The summed E-state index contributed by atoms with van der Waals surface area (Å²) in [5.41, 5.74) is 4.94. The van der Waals surface area contributed by atoms with E-state index in [-0.39, 0.29) is 11.9 Å². The largest absolute Gasteiger partial charge is 0.386 e. The molecule has 1 aliphatic heterocycles. The van der Waals surface area contributed by atoms with Gasteiger partial charge in [-0.2, -0.15) is 0 Å². The van der Waals surface area contributed by atoms with Gasteiger partial charge in [-0.3, -0.25) is 4.79 Å². The maximum atomic E-state index is 11.5. The van der Waals surface area contributed by atoms with Crippen LogP contribution in [0.25, 0.3) is 0 Å². The fourth-order valence-electron chi connectivity index (χ4n) is 1.57. The number of carbonyl (C=O) groups is 1. The number of amides is 1. The van der Waals surface area contributed by atoms with Gasteiger partial charge in [-0.25, -0.2) is 0 Å². The van der Waals surface area contributed by atoms with Crippen LogP contribution in [-0.4, -0.2) is 40.6 Å². The van der Waals surface area contributed by atoms with Gasteiger partial charge in [0, 0.05) is 12.5 Å². The minimum absolute atomic E-state index is 0.0743. The average Bonchev–Trinajstić information content (AvgIpc) is 2.09. The average molecular weight is 200 g/mol. The second-order valence-corrected chi connectivity index (χ2v) is 4.34. The Kier molecular flexibility index (Phi) is 3.50. The molecule has 82 valence electrons. The lowest BCUT2D eigenvalue weighted by atomic mass is 9.91. The zero-order valence-corrected chi connectivity index (χ0v) is 8.99. The summed E-state index contributed by atoms with van der Waals surface area (Å²) < 4.78 is 0. The van der Waals surface area contributed by atoms with Crippen molar-refractivity contribution in [2.45, 2.75) is 44.8 Å². The molecule has 0 spiro atoms. The van der Waals surface area contributed by atoms with E-state index in [0.717, 1.165) is 6.42 Å². The van der Waals surface area contributed by atoms with E-state index in [4.69, 9.17) is 5.73 Å². The predicted molar refractivity (Wildman–Crippen MR) is 54.7 cm³/mol. The summed E-state index contributed by atoms with van der Waals surface area (Å²) in [6.07, 6.45) is 1.93. The lowest BCUT2D eigenvalue weighted by Gasteiger charge is -2.46. The molecule has 0 saturated carbocycles. The zero-order valence-electron chi connectivity index (χ0n) is 8.99. The zero-order chi connectivity index (χ0) is 10.8. The second kappa shape index (κ2) is 4.28. The van der Waals surface area contributed by atoms with Gasteiger partial charge in [0.25, 0.3) is 0 Å². The number of hydrogen-bond acceptors (Lipinski definition) is 3. The van der Waals surface area contributed by atoms with Crippen LogP contribution in [-0.2, 0) is 4.79 Å². The highest BCUT2D eigenvalue weighted by Crippen LogP contribution is 2.24. The summed E-state index contributed by atoms with van der Waals surface area (Å²) in [7, 11) is 0. The van der Waals surface area contributed by atoms with Crippen LogP contribution in [0, 0.1) is 0 Å². The fraction of sp³-hybridized carbons (Fsp3) is 0.900. The Labute approximate surface area is 85.1 Å². The fourth-order valence-corrected chi connectivity index (χ4v) is 1.57. The van der Waals surface area contributed by atoms with Crippen LogP contribution in [0.15, 0.2) is 0 Å². The van der Waals surface area contributed by atoms with Crippen molar-refractivity contribution in [3.8, 4) is 0 Å². The molecule has 0 aliphatic carbocycles. The lowest BCUT2D eigenvalue weighted by molar-refractivity contribution is -0.155. The van der Waals surface area contributed by atoms with Crippen molar-refractivity contribution in [2.24, 2.45) is 5.73 Å². The first-order chi connectivity index (χ1) is 6.47. The number of hydrogen-bond donors (Lipinski definition) is 2. The highest BCUT2D eigenvalue weighted by molar-refractivity contribution is 5.77. The van der Waals surface area contributed by atoms with Gasteiger partial charge in [0.05, 0.1) is 18.7 Å². The minimum atomic E-state index is -0.621.